The van der Waals surface area contributed by atoms with Crippen molar-refractivity contribution < 1.29 is 19.4 Å². The second-order valence-corrected chi connectivity index (χ2v) is 4.66. The summed E-state index contributed by atoms with van der Waals surface area (Å²) in [5, 5.41) is 8.61. The van der Waals surface area contributed by atoms with Crippen molar-refractivity contribution in [2.45, 2.75) is 46.1 Å². The number of Topliss-reactive ketones (excluding diaryl/α,β-unsaturated/α-hetero) is 1. The van der Waals surface area contributed by atoms with Crippen LogP contribution in [0.15, 0.2) is 18.2 Å². The third-order valence-corrected chi connectivity index (χ3v) is 2.70. The summed E-state index contributed by atoms with van der Waals surface area (Å²) in [5.41, 5.74) is 1.49. The Bertz CT molecular complexity index is 463. The summed E-state index contributed by atoms with van der Waals surface area (Å²) in [4.78, 5) is 22.5. The van der Waals surface area contributed by atoms with E-state index in [1.807, 2.05) is 26.8 Å². The Morgan fingerprint density at radius 2 is 1.95 bits per heavy atom. The van der Waals surface area contributed by atoms with Crippen LogP contribution in [0.5, 0.6) is 5.75 Å². The van der Waals surface area contributed by atoms with Gasteiger partial charge < -0.3 is 9.84 Å². The van der Waals surface area contributed by atoms with Gasteiger partial charge in [0.1, 0.15) is 5.75 Å². The Morgan fingerprint density at radius 3 is 2.47 bits per heavy atom. The van der Waals surface area contributed by atoms with Crippen molar-refractivity contribution >= 4 is 11.8 Å². The van der Waals surface area contributed by atoms with Gasteiger partial charge in [0.2, 0.25) is 0 Å². The number of hydrogen-bond acceptors (Lipinski definition) is 3. The first-order chi connectivity index (χ1) is 8.93. The highest BCUT2D eigenvalue weighted by Crippen LogP contribution is 2.21. The second kappa shape index (κ2) is 6.92. The lowest BCUT2D eigenvalue weighted by molar-refractivity contribution is -0.136. The van der Waals surface area contributed by atoms with E-state index in [9.17, 15) is 9.59 Å². The molecule has 0 atom stereocenters. The highest BCUT2D eigenvalue weighted by Gasteiger charge is 2.13. The fraction of sp³-hybridized carbons (Fsp3) is 0.467. The van der Waals surface area contributed by atoms with E-state index in [2.05, 4.69) is 0 Å². The van der Waals surface area contributed by atoms with Gasteiger partial charge in [0, 0.05) is 12.0 Å². The van der Waals surface area contributed by atoms with E-state index >= 15 is 0 Å². The van der Waals surface area contributed by atoms with Crippen LogP contribution in [0, 0.1) is 0 Å². The number of carbonyl (C=O) groups is 2. The molecule has 0 saturated carbocycles. The van der Waals surface area contributed by atoms with Crippen LogP contribution in [0.3, 0.4) is 0 Å². The standard InChI is InChI=1S/C15H20O4/c1-4-11-9-12(19-10(2)3)5-6-13(11)14(16)7-8-15(17)18/h5-6,9-10H,4,7-8H2,1-3H3,(H,17,18). The van der Waals surface area contributed by atoms with Gasteiger partial charge in [-0.05, 0) is 44.0 Å². The average Bonchev–Trinajstić information content (AvgIpc) is 2.35. The Hall–Kier alpha value is -1.84. The smallest absolute Gasteiger partial charge is 0.303 e. The molecule has 4 nitrogen and oxygen atoms in total. The van der Waals surface area contributed by atoms with Gasteiger partial charge in [-0.15, -0.1) is 0 Å². The molecule has 0 radical (unpaired) electrons. The van der Waals surface area contributed by atoms with Gasteiger partial charge in [-0.1, -0.05) is 6.92 Å². The molecular weight excluding hydrogens is 244 g/mol. The van der Waals surface area contributed by atoms with Crippen molar-refractivity contribution in [2.75, 3.05) is 0 Å². The van der Waals surface area contributed by atoms with Crippen molar-refractivity contribution in [3.8, 4) is 5.75 Å². The molecule has 0 aliphatic heterocycles. The van der Waals surface area contributed by atoms with Gasteiger partial charge >= 0.3 is 5.97 Å². The lowest BCUT2D eigenvalue weighted by Crippen LogP contribution is -2.09. The first kappa shape index (κ1) is 15.2. The fourth-order valence-electron chi connectivity index (χ4n) is 1.84. The van der Waals surface area contributed by atoms with E-state index in [0.717, 1.165) is 11.3 Å². The predicted octanol–water partition coefficient (Wildman–Crippen LogP) is 3.08. The van der Waals surface area contributed by atoms with Gasteiger partial charge in [0.25, 0.3) is 0 Å². The van der Waals surface area contributed by atoms with E-state index in [0.29, 0.717) is 12.0 Å². The van der Waals surface area contributed by atoms with Crippen molar-refractivity contribution in [3.05, 3.63) is 29.3 Å². The molecule has 0 aliphatic carbocycles. The highest BCUT2D eigenvalue weighted by atomic mass is 16.5. The Balaban J connectivity index is 2.89. The van der Waals surface area contributed by atoms with Gasteiger partial charge in [-0.3, -0.25) is 9.59 Å². The van der Waals surface area contributed by atoms with Crippen molar-refractivity contribution in [3.63, 3.8) is 0 Å². The van der Waals surface area contributed by atoms with Crippen LogP contribution in [0.2, 0.25) is 0 Å². The fourth-order valence-corrected chi connectivity index (χ4v) is 1.84. The summed E-state index contributed by atoms with van der Waals surface area (Å²) in [7, 11) is 0. The Labute approximate surface area is 113 Å². The summed E-state index contributed by atoms with van der Waals surface area (Å²) >= 11 is 0. The molecule has 0 aromatic heterocycles. The molecule has 0 unspecified atom stereocenters. The molecule has 1 aromatic carbocycles. The molecule has 0 saturated heterocycles. The predicted molar refractivity (Wildman–Crippen MR) is 72.8 cm³/mol. The number of aryl methyl sites for hydroxylation is 1. The van der Waals surface area contributed by atoms with Crippen molar-refractivity contribution in [1.82, 2.24) is 0 Å². The third-order valence-electron chi connectivity index (χ3n) is 2.70. The zero-order valence-corrected chi connectivity index (χ0v) is 11.6. The number of hydrogen-bond donors (Lipinski definition) is 1. The zero-order valence-electron chi connectivity index (χ0n) is 11.6. The van der Waals surface area contributed by atoms with E-state index in [1.165, 1.54) is 0 Å². The number of ketones is 1. The number of carboxylic acid groups (broad SMARTS) is 1. The topological polar surface area (TPSA) is 63.6 Å². The molecule has 104 valence electrons. The minimum Gasteiger partial charge on any atom is -0.491 e. The van der Waals surface area contributed by atoms with Crippen LogP contribution in [0.4, 0.5) is 0 Å². The minimum absolute atomic E-state index is 0.0344. The maximum atomic E-state index is 12.0. The van der Waals surface area contributed by atoms with Crippen LogP contribution in [-0.4, -0.2) is 23.0 Å². The summed E-state index contributed by atoms with van der Waals surface area (Å²) in [6, 6.07) is 5.34. The zero-order chi connectivity index (χ0) is 14.4. The maximum Gasteiger partial charge on any atom is 0.303 e. The number of carboxylic acids is 1. The Kier molecular flexibility index (Phi) is 5.55. The monoisotopic (exact) mass is 264 g/mol. The molecule has 19 heavy (non-hydrogen) atoms. The molecule has 1 rings (SSSR count). The van der Waals surface area contributed by atoms with Crippen LogP contribution in [0.1, 0.15) is 49.5 Å². The lowest BCUT2D eigenvalue weighted by atomic mass is 9.98. The number of benzene rings is 1. The van der Waals surface area contributed by atoms with Crippen LogP contribution in [0.25, 0.3) is 0 Å². The quantitative estimate of drug-likeness (QED) is 0.769. The maximum absolute atomic E-state index is 12.0. The normalized spacial score (nSPS) is 10.5. The molecule has 0 fully saturated rings. The molecule has 1 aromatic rings. The van der Waals surface area contributed by atoms with Gasteiger partial charge in [-0.25, -0.2) is 0 Å². The summed E-state index contributed by atoms with van der Waals surface area (Å²) < 4.78 is 5.58. The number of carbonyl (C=O) groups excluding carboxylic acids is 1. The van der Waals surface area contributed by atoms with Crippen LogP contribution >= 0.6 is 0 Å². The number of ether oxygens (including phenoxy) is 1. The molecular formula is C15H20O4. The van der Waals surface area contributed by atoms with Gasteiger partial charge in [0.05, 0.1) is 12.5 Å². The lowest BCUT2D eigenvalue weighted by Gasteiger charge is -2.13. The molecule has 1 N–H and O–H groups in total. The van der Waals surface area contributed by atoms with E-state index < -0.39 is 5.97 Å². The van der Waals surface area contributed by atoms with E-state index in [-0.39, 0.29) is 24.7 Å². The average molecular weight is 264 g/mol. The Morgan fingerprint density at radius 1 is 1.26 bits per heavy atom. The molecule has 0 amide bonds. The summed E-state index contributed by atoms with van der Waals surface area (Å²) in [5.74, 6) is -0.344. The number of aliphatic carboxylic acids is 1. The number of rotatable bonds is 7. The summed E-state index contributed by atoms with van der Waals surface area (Å²) in [6.45, 7) is 5.84. The van der Waals surface area contributed by atoms with Gasteiger partial charge in [-0.2, -0.15) is 0 Å². The largest absolute Gasteiger partial charge is 0.491 e. The third kappa shape index (κ3) is 4.73. The molecule has 0 heterocycles. The SMILES string of the molecule is CCc1cc(OC(C)C)ccc1C(=O)CCC(=O)O. The van der Waals surface area contributed by atoms with Gasteiger partial charge in [0.15, 0.2) is 5.78 Å². The first-order valence-corrected chi connectivity index (χ1v) is 6.48. The highest BCUT2D eigenvalue weighted by molar-refractivity contribution is 5.98. The van der Waals surface area contributed by atoms with Crippen molar-refractivity contribution in [2.24, 2.45) is 0 Å². The first-order valence-electron chi connectivity index (χ1n) is 6.48. The van der Waals surface area contributed by atoms with Crippen molar-refractivity contribution in [1.29, 1.82) is 0 Å². The molecule has 4 heteroatoms. The molecule has 0 aliphatic rings. The van der Waals surface area contributed by atoms with E-state index in [4.69, 9.17) is 9.84 Å². The second-order valence-electron chi connectivity index (χ2n) is 4.66. The molecule has 0 bridgehead atoms. The molecule has 0 spiro atoms. The van der Waals surface area contributed by atoms with E-state index in [1.54, 1.807) is 12.1 Å². The van der Waals surface area contributed by atoms with Crippen LogP contribution in [-0.2, 0) is 11.2 Å². The minimum atomic E-state index is -0.953. The summed E-state index contributed by atoms with van der Waals surface area (Å²) in [6.07, 6.45) is 0.695. The van der Waals surface area contributed by atoms with Crippen LogP contribution < -0.4 is 4.74 Å².